The Balaban J connectivity index is 0.00000208. The van der Waals surface area contributed by atoms with Crippen molar-refractivity contribution >= 4 is 18.1 Å². The van der Waals surface area contributed by atoms with E-state index in [9.17, 15) is 10.1 Å². The molecule has 1 saturated heterocycles. The second-order valence-electron chi connectivity index (χ2n) is 5.81. The van der Waals surface area contributed by atoms with Crippen LogP contribution in [0.2, 0.25) is 0 Å². The van der Waals surface area contributed by atoms with E-state index in [1.54, 1.807) is 18.2 Å². The highest BCUT2D eigenvalue weighted by atomic mass is 35.5. The van der Waals surface area contributed by atoms with E-state index in [1.807, 2.05) is 0 Å². The fraction of sp³-hybridized carbons (Fsp3) is 0.438. The highest BCUT2D eigenvalue weighted by Gasteiger charge is 2.21. The van der Waals surface area contributed by atoms with E-state index in [-0.39, 0.29) is 24.3 Å². The highest BCUT2D eigenvalue weighted by Crippen LogP contribution is 2.26. The lowest BCUT2D eigenvalue weighted by Gasteiger charge is -2.29. The molecule has 0 amide bonds. The number of nitrogens with zero attached hydrogens (tertiary/aromatic N) is 2. The zero-order valence-corrected chi connectivity index (χ0v) is 14.2. The van der Waals surface area contributed by atoms with Gasteiger partial charge in [0, 0.05) is 11.6 Å². The predicted molar refractivity (Wildman–Crippen MR) is 93.2 cm³/mol. The molecular weight excluding hydrogens is 330 g/mol. The predicted octanol–water partition coefficient (Wildman–Crippen LogP) is 2.12. The molecule has 8 heteroatoms. The molecule has 128 valence electrons. The zero-order valence-electron chi connectivity index (χ0n) is 13.3. The lowest BCUT2D eigenvalue weighted by atomic mass is 9.91. The van der Waals surface area contributed by atoms with Crippen LogP contribution in [0.4, 0.5) is 5.69 Å². The van der Waals surface area contributed by atoms with Gasteiger partial charge in [-0.2, -0.15) is 5.26 Å². The number of rotatable bonds is 4. The molecule has 0 aliphatic carbocycles. The molecule has 2 heterocycles. The maximum atomic E-state index is 11.1. The summed E-state index contributed by atoms with van der Waals surface area (Å²) in [5.41, 5.74) is 1.96. The summed E-state index contributed by atoms with van der Waals surface area (Å²) in [6, 6.07) is 7.68. The van der Waals surface area contributed by atoms with E-state index in [2.05, 4.69) is 33.8 Å². The van der Waals surface area contributed by atoms with Crippen LogP contribution < -0.4 is 16.4 Å². The fourth-order valence-electron chi connectivity index (χ4n) is 2.95. The molecule has 1 aromatic carbocycles. The number of aromatic nitrogens is 2. The first-order valence-electron chi connectivity index (χ1n) is 7.74. The van der Waals surface area contributed by atoms with Crippen LogP contribution in [-0.4, -0.2) is 29.3 Å². The van der Waals surface area contributed by atoms with Crippen molar-refractivity contribution in [2.45, 2.75) is 25.8 Å². The van der Waals surface area contributed by atoms with Gasteiger partial charge in [-0.05, 0) is 57.0 Å². The van der Waals surface area contributed by atoms with Crippen LogP contribution in [0.1, 0.15) is 25.3 Å². The largest absolute Gasteiger partial charge is 0.434 e. The summed E-state index contributed by atoms with van der Waals surface area (Å²) in [5.74, 6) is 0.189. The molecular formula is C16H20ClN5O2. The number of nitrogens with one attached hydrogen (secondary N) is 3. The Hall–Kier alpha value is -2.30. The zero-order chi connectivity index (χ0) is 16.2. The average molecular weight is 350 g/mol. The molecule has 1 unspecified atom stereocenters. The van der Waals surface area contributed by atoms with Gasteiger partial charge in [-0.1, -0.05) is 0 Å². The van der Waals surface area contributed by atoms with Gasteiger partial charge in [0.05, 0.1) is 11.3 Å². The van der Waals surface area contributed by atoms with Gasteiger partial charge >= 0.3 is 5.76 Å². The first-order chi connectivity index (χ1) is 11.2. The summed E-state index contributed by atoms with van der Waals surface area (Å²) >= 11 is 0. The van der Waals surface area contributed by atoms with Crippen LogP contribution in [0.3, 0.4) is 0 Å². The third-order valence-electron chi connectivity index (χ3n) is 4.30. The van der Waals surface area contributed by atoms with Crippen molar-refractivity contribution in [1.29, 1.82) is 5.26 Å². The summed E-state index contributed by atoms with van der Waals surface area (Å²) in [6.07, 6.45) is 2.23. The van der Waals surface area contributed by atoms with E-state index < -0.39 is 5.76 Å². The SMILES string of the molecule is CC(Nc1cc(-c2n[nH]c(=O)o2)ccc1C#N)C1CCNCC1.Cl. The lowest BCUT2D eigenvalue weighted by Crippen LogP contribution is -2.36. The van der Waals surface area contributed by atoms with E-state index in [0.717, 1.165) is 31.6 Å². The molecule has 1 aliphatic heterocycles. The summed E-state index contributed by atoms with van der Waals surface area (Å²) in [5, 5.41) is 22.2. The molecule has 0 saturated carbocycles. The monoisotopic (exact) mass is 349 g/mol. The van der Waals surface area contributed by atoms with E-state index in [4.69, 9.17) is 4.42 Å². The molecule has 3 N–H and O–H groups in total. The topological polar surface area (TPSA) is 107 Å². The molecule has 7 nitrogen and oxygen atoms in total. The first-order valence-corrected chi connectivity index (χ1v) is 7.74. The second kappa shape index (κ2) is 7.99. The normalized spacial score (nSPS) is 16.0. The number of benzene rings is 1. The minimum Gasteiger partial charge on any atom is -0.388 e. The molecule has 0 spiro atoms. The Morgan fingerprint density at radius 2 is 2.17 bits per heavy atom. The van der Waals surface area contributed by atoms with Gasteiger partial charge in [-0.3, -0.25) is 0 Å². The molecule has 3 rings (SSSR count). The summed E-state index contributed by atoms with van der Waals surface area (Å²) in [7, 11) is 0. The number of H-pyrrole nitrogens is 1. The Bertz CT molecular complexity index is 773. The number of anilines is 1. The van der Waals surface area contributed by atoms with Crippen LogP contribution in [0.15, 0.2) is 27.4 Å². The van der Waals surface area contributed by atoms with Crippen LogP contribution in [0, 0.1) is 17.2 Å². The van der Waals surface area contributed by atoms with Crippen molar-refractivity contribution in [3.05, 3.63) is 34.3 Å². The molecule has 1 aliphatic rings. The molecule has 0 radical (unpaired) electrons. The highest BCUT2D eigenvalue weighted by molar-refractivity contribution is 5.85. The lowest BCUT2D eigenvalue weighted by molar-refractivity contribution is 0.343. The number of nitriles is 1. The van der Waals surface area contributed by atoms with E-state index >= 15 is 0 Å². The Morgan fingerprint density at radius 3 is 2.79 bits per heavy atom. The number of halogens is 1. The van der Waals surface area contributed by atoms with Gasteiger partial charge in [0.1, 0.15) is 6.07 Å². The number of aromatic amines is 1. The fourth-order valence-corrected chi connectivity index (χ4v) is 2.95. The van der Waals surface area contributed by atoms with Crippen molar-refractivity contribution < 1.29 is 4.42 Å². The number of hydrogen-bond acceptors (Lipinski definition) is 6. The van der Waals surface area contributed by atoms with Gasteiger partial charge in [-0.15, -0.1) is 17.5 Å². The molecule has 24 heavy (non-hydrogen) atoms. The Labute approximate surface area is 145 Å². The van der Waals surface area contributed by atoms with Gasteiger partial charge in [0.15, 0.2) is 0 Å². The standard InChI is InChI=1S/C16H19N5O2.ClH/c1-10(11-4-6-18-7-5-11)19-14-8-12(2-3-13(14)9-17)15-20-21-16(22)23-15;/h2-3,8,10-11,18-19H,4-7H2,1H3,(H,21,22);1H. The summed E-state index contributed by atoms with van der Waals surface area (Å²) in [4.78, 5) is 11.1. The van der Waals surface area contributed by atoms with Gasteiger partial charge in [-0.25, -0.2) is 9.89 Å². The first kappa shape index (κ1) is 18.0. The smallest absolute Gasteiger partial charge is 0.388 e. The number of hydrogen-bond donors (Lipinski definition) is 3. The maximum absolute atomic E-state index is 11.1. The van der Waals surface area contributed by atoms with Crippen LogP contribution in [0.25, 0.3) is 11.5 Å². The van der Waals surface area contributed by atoms with E-state index in [1.165, 1.54) is 0 Å². The minimum absolute atomic E-state index is 0. The molecule has 0 bridgehead atoms. The minimum atomic E-state index is -0.595. The second-order valence-corrected chi connectivity index (χ2v) is 5.81. The van der Waals surface area contributed by atoms with Crippen molar-refractivity contribution in [3.8, 4) is 17.5 Å². The molecule has 2 aromatic rings. The van der Waals surface area contributed by atoms with E-state index in [0.29, 0.717) is 17.0 Å². The van der Waals surface area contributed by atoms with Crippen molar-refractivity contribution in [3.63, 3.8) is 0 Å². The van der Waals surface area contributed by atoms with Gasteiger partial charge in [0.2, 0.25) is 5.89 Å². The molecule has 1 atom stereocenters. The average Bonchev–Trinajstić information content (AvgIpc) is 3.02. The van der Waals surface area contributed by atoms with Crippen LogP contribution in [-0.2, 0) is 0 Å². The maximum Gasteiger partial charge on any atom is 0.434 e. The number of piperidine rings is 1. The summed E-state index contributed by atoms with van der Waals surface area (Å²) < 4.78 is 4.98. The van der Waals surface area contributed by atoms with Crippen molar-refractivity contribution in [2.75, 3.05) is 18.4 Å². The Kier molecular flexibility index (Phi) is 6.01. The third-order valence-corrected chi connectivity index (χ3v) is 4.30. The van der Waals surface area contributed by atoms with Crippen LogP contribution >= 0.6 is 12.4 Å². The molecule has 1 aromatic heterocycles. The Morgan fingerprint density at radius 1 is 1.42 bits per heavy atom. The third kappa shape index (κ3) is 3.96. The van der Waals surface area contributed by atoms with Crippen molar-refractivity contribution in [1.82, 2.24) is 15.5 Å². The van der Waals surface area contributed by atoms with Gasteiger partial charge < -0.3 is 15.1 Å². The van der Waals surface area contributed by atoms with Crippen molar-refractivity contribution in [2.24, 2.45) is 5.92 Å². The molecule has 1 fully saturated rings. The quantitative estimate of drug-likeness (QED) is 0.780. The summed E-state index contributed by atoms with van der Waals surface area (Å²) in [6.45, 7) is 4.19. The van der Waals surface area contributed by atoms with Crippen LogP contribution in [0.5, 0.6) is 0 Å². The van der Waals surface area contributed by atoms with Gasteiger partial charge in [0.25, 0.3) is 0 Å².